The Morgan fingerprint density at radius 1 is 1.33 bits per heavy atom. The third-order valence-electron chi connectivity index (χ3n) is 3.22. The lowest BCUT2D eigenvalue weighted by Crippen LogP contribution is -2.28. The number of amides is 1. The molecule has 0 bridgehead atoms. The van der Waals surface area contributed by atoms with Crippen LogP contribution in [0.2, 0.25) is 0 Å². The van der Waals surface area contributed by atoms with Crippen molar-refractivity contribution in [2.45, 2.75) is 19.4 Å². The van der Waals surface area contributed by atoms with Gasteiger partial charge in [0.2, 0.25) is 0 Å². The number of para-hydroxylation sites is 1. The van der Waals surface area contributed by atoms with E-state index in [0.29, 0.717) is 10.2 Å². The van der Waals surface area contributed by atoms with Crippen molar-refractivity contribution in [2.75, 3.05) is 7.11 Å². The minimum atomic E-state index is -0.146. The molecule has 21 heavy (non-hydrogen) atoms. The van der Waals surface area contributed by atoms with Crippen molar-refractivity contribution in [1.29, 1.82) is 0 Å². The predicted octanol–water partition coefficient (Wildman–Crippen LogP) is 3.73. The summed E-state index contributed by atoms with van der Waals surface area (Å²) in [5.41, 5.74) is 1.51. The summed E-state index contributed by atoms with van der Waals surface area (Å²) in [4.78, 5) is 16.4. The van der Waals surface area contributed by atoms with E-state index in [2.05, 4.69) is 26.2 Å². The third kappa shape index (κ3) is 3.82. The van der Waals surface area contributed by atoms with E-state index in [1.165, 1.54) is 0 Å². The molecule has 110 valence electrons. The van der Waals surface area contributed by atoms with Gasteiger partial charge in [-0.3, -0.25) is 4.79 Å². The average Bonchev–Trinajstić information content (AvgIpc) is 2.53. The van der Waals surface area contributed by atoms with Gasteiger partial charge in [-0.25, -0.2) is 4.98 Å². The van der Waals surface area contributed by atoms with E-state index in [9.17, 15) is 4.79 Å². The Morgan fingerprint density at radius 2 is 2.10 bits per heavy atom. The number of nitrogens with one attached hydrogen (secondary N) is 1. The summed E-state index contributed by atoms with van der Waals surface area (Å²) in [6.45, 7) is 2.03. The second kappa shape index (κ2) is 7.22. The number of pyridine rings is 1. The number of benzene rings is 1. The molecule has 2 aromatic rings. The molecular formula is C16H17BrN2O2. The first-order chi connectivity index (χ1) is 10.2. The minimum absolute atomic E-state index is 0.0997. The van der Waals surface area contributed by atoms with E-state index in [0.717, 1.165) is 17.7 Å². The number of aromatic nitrogens is 1. The van der Waals surface area contributed by atoms with Crippen LogP contribution in [-0.2, 0) is 0 Å². The third-order valence-corrected chi connectivity index (χ3v) is 3.69. The summed E-state index contributed by atoms with van der Waals surface area (Å²) in [5, 5.41) is 3.02. The number of carbonyl (C=O) groups is 1. The summed E-state index contributed by atoms with van der Waals surface area (Å²) in [7, 11) is 1.63. The molecule has 0 aliphatic heterocycles. The Balaban J connectivity index is 2.19. The maximum atomic E-state index is 12.3. The lowest BCUT2D eigenvalue weighted by Gasteiger charge is -2.19. The van der Waals surface area contributed by atoms with Gasteiger partial charge in [-0.05, 0) is 40.5 Å². The van der Waals surface area contributed by atoms with Crippen LogP contribution in [0.25, 0.3) is 0 Å². The second-order valence-electron chi connectivity index (χ2n) is 4.55. The predicted molar refractivity (Wildman–Crippen MR) is 85.4 cm³/mol. The first kappa shape index (κ1) is 15.5. The molecule has 1 N–H and O–H groups in total. The van der Waals surface area contributed by atoms with Crippen molar-refractivity contribution in [2.24, 2.45) is 0 Å². The van der Waals surface area contributed by atoms with Crippen LogP contribution in [0.1, 0.15) is 35.3 Å². The molecule has 0 aliphatic rings. The van der Waals surface area contributed by atoms with Crippen LogP contribution in [-0.4, -0.2) is 18.0 Å². The molecule has 0 saturated heterocycles. The fraction of sp³-hybridized carbons (Fsp3) is 0.250. The van der Waals surface area contributed by atoms with Crippen molar-refractivity contribution in [3.63, 3.8) is 0 Å². The van der Waals surface area contributed by atoms with Crippen molar-refractivity contribution >= 4 is 21.8 Å². The van der Waals surface area contributed by atoms with Gasteiger partial charge < -0.3 is 10.1 Å². The standard InChI is InChI=1S/C16H17BrN2O2/c1-3-13(12-6-4-5-7-14(12)21-2)19-16(20)11-8-9-15(17)18-10-11/h4-10,13H,3H2,1-2H3,(H,19,20). The highest BCUT2D eigenvalue weighted by Gasteiger charge is 2.17. The van der Waals surface area contributed by atoms with Gasteiger partial charge in [-0.1, -0.05) is 25.1 Å². The zero-order chi connectivity index (χ0) is 15.2. The highest BCUT2D eigenvalue weighted by molar-refractivity contribution is 9.10. The summed E-state index contributed by atoms with van der Waals surface area (Å²) in [6.07, 6.45) is 2.32. The van der Waals surface area contributed by atoms with Crippen LogP contribution in [0.3, 0.4) is 0 Å². The first-order valence-electron chi connectivity index (χ1n) is 6.71. The van der Waals surface area contributed by atoms with E-state index < -0.39 is 0 Å². The topological polar surface area (TPSA) is 51.2 Å². The smallest absolute Gasteiger partial charge is 0.253 e. The van der Waals surface area contributed by atoms with E-state index in [1.54, 1.807) is 25.4 Å². The quantitative estimate of drug-likeness (QED) is 0.837. The molecule has 1 amide bonds. The molecule has 1 atom stereocenters. The van der Waals surface area contributed by atoms with Crippen molar-refractivity contribution in [3.05, 3.63) is 58.3 Å². The highest BCUT2D eigenvalue weighted by atomic mass is 79.9. The van der Waals surface area contributed by atoms with Gasteiger partial charge >= 0.3 is 0 Å². The Kier molecular flexibility index (Phi) is 5.33. The molecule has 1 heterocycles. The number of hydrogen-bond donors (Lipinski definition) is 1. The fourth-order valence-electron chi connectivity index (χ4n) is 2.11. The molecule has 1 aromatic heterocycles. The van der Waals surface area contributed by atoms with Crippen LogP contribution in [0.5, 0.6) is 5.75 Å². The van der Waals surface area contributed by atoms with Gasteiger partial charge in [-0.2, -0.15) is 0 Å². The van der Waals surface area contributed by atoms with Crippen LogP contribution >= 0.6 is 15.9 Å². The molecule has 0 saturated carbocycles. The van der Waals surface area contributed by atoms with Crippen molar-refractivity contribution < 1.29 is 9.53 Å². The Bertz CT molecular complexity index is 614. The van der Waals surface area contributed by atoms with Crippen LogP contribution in [0.4, 0.5) is 0 Å². The summed E-state index contributed by atoms with van der Waals surface area (Å²) in [5.74, 6) is 0.631. The number of rotatable bonds is 5. The normalized spacial score (nSPS) is 11.8. The van der Waals surface area contributed by atoms with Crippen molar-refractivity contribution in [3.8, 4) is 5.75 Å². The summed E-state index contributed by atoms with van der Waals surface area (Å²) < 4.78 is 6.07. The van der Waals surface area contributed by atoms with Gasteiger partial charge in [0.1, 0.15) is 10.4 Å². The monoisotopic (exact) mass is 348 g/mol. The zero-order valence-corrected chi connectivity index (χ0v) is 13.6. The molecule has 4 nitrogen and oxygen atoms in total. The number of methoxy groups -OCH3 is 1. The minimum Gasteiger partial charge on any atom is -0.496 e. The molecule has 0 spiro atoms. The van der Waals surface area contributed by atoms with E-state index in [-0.39, 0.29) is 11.9 Å². The largest absolute Gasteiger partial charge is 0.496 e. The lowest BCUT2D eigenvalue weighted by atomic mass is 10.0. The molecule has 5 heteroatoms. The summed E-state index contributed by atoms with van der Waals surface area (Å²) >= 11 is 3.26. The lowest BCUT2D eigenvalue weighted by molar-refractivity contribution is 0.0934. The van der Waals surface area contributed by atoms with E-state index in [4.69, 9.17) is 4.74 Å². The molecular weight excluding hydrogens is 332 g/mol. The van der Waals surface area contributed by atoms with Crippen LogP contribution in [0, 0.1) is 0 Å². The van der Waals surface area contributed by atoms with Gasteiger partial charge in [-0.15, -0.1) is 0 Å². The van der Waals surface area contributed by atoms with Crippen LogP contribution in [0.15, 0.2) is 47.2 Å². The summed E-state index contributed by atoms with van der Waals surface area (Å²) in [6, 6.07) is 11.1. The van der Waals surface area contributed by atoms with Crippen LogP contribution < -0.4 is 10.1 Å². The molecule has 0 aliphatic carbocycles. The number of carbonyl (C=O) groups excluding carboxylic acids is 1. The second-order valence-corrected chi connectivity index (χ2v) is 5.36. The first-order valence-corrected chi connectivity index (χ1v) is 7.50. The Hall–Kier alpha value is -1.88. The maximum Gasteiger partial charge on any atom is 0.253 e. The molecule has 0 radical (unpaired) electrons. The Labute approximate surface area is 132 Å². The fourth-order valence-corrected chi connectivity index (χ4v) is 2.34. The number of hydrogen-bond acceptors (Lipinski definition) is 3. The highest BCUT2D eigenvalue weighted by Crippen LogP contribution is 2.27. The number of ether oxygens (including phenoxy) is 1. The zero-order valence-electron chi connectivity index (χ0n) is 12.0. The van der Waals surface area contributed by atoms with E-state index >= 15 is 0 Å². The molecule has 1 aromatic carbocycles. The molecule has 2 rings (SSSR count). The van der Waals surface area contributed by atoms with Gasteiger partial charge in [0.05, 0.1) is 18.7 Å². The SMILES string of the molecule is CCC(NC(=O)c1ccc(Br)nc1)c1ccccc1OC. The number of halogens is 1. The van der Waals surface area contributed by atoms with Gasteiger partial charge in [0, 0.05) is 11.8 Å². The molecule has 1 unspecified atom stereocenters. The van der Waals surface area contributed by atoms with E-state index in [1.807, 2.05) is 31.2 Å². The molecule has 0 fully saturated rings. The van der Waals surface area contributed by atoms with Crippen molar-refractivity contribution in [1.82, 2.24) is 10.3 Å². The number of nitrogens with zero attached hydrogens (tertiary/aromatic N) is 1. The maximum absolute atomic E-state index is 12.3. The Morgan fingerprint density at radius 3 is 2.71 bits per heavy atom. The average molecular weight is 349 g/mol. The van der Waals surface area contributed by atoms with Gasteiger partial charge in [0.15, 0.2) is 0 Å². The van der Waals surface area contributed by atoms with Gasteiger partial charge in [0.25, 0.3) is 5.91 Å².